The van der Waals surface area contributed by atoms with E-state index in [9.17, 15) is 0 Å². The Kier molecular flexibility index (Phi) is 0.368. The normalized spacial score (nSPS) is 8.00. The van der Waals surface area contributed by atoms with Crippen molar-refractivity contribution in [2.45, 2.75) is 0 Å². The molecule has 0 amide bonds. The Labute approximate surface area is 28.2 Å². The molecule has 0 unspecified atom stereocenters. The summed E-state index contributed by atoms with van der Waals surface area (Å²) < 4.78 is 0. The van der Waals surface area contributed by atoms with Crippen LogP contribution in [0.3, 0.4) is 0 Å². The summed E-state index contributed by atoms with van der Waals surface area (Å²) in [5.41, 5.74) is 0. The van der Waals surface area contributed by atoms with Crippen molar-refractivity contribution in [3.63, 3.8) is 0 Å². The molecule has 25 valence electrons. The number of nitrogens with zero attached hydrogens (tertiary/aromatic N) is 3. The van der Waals surface area contributed by atoms with Crippen molar-refractivity contribution in [3.05, 3.63) is 6.33 Å². The monoisotopic (exact) mass is 69.0 g/mol. The summed E-state index contributed by atoms with van der Waals surface area (Å²) in [4.78, 5) is 0. The van der Waals surface area contributed by atoms with E-state index in [0.29, 0.717) is 0 Å². The van der Waals surface area contributed by atoms with Crippen LogP contribution in [0.1, 0.15) is 0 Å². The number of hydrogen-bond acceptors (Lipinski definition) is 3. The molecule has 0 aliphatic carbocycles. The van der Waals surface area contributed by atoms with Crippen LogP contribution in [-0.4, -0.2) is 20.6 Å². The third kappa shape index (κ3) is 0.212. The number of aromatic amines is 1. The van der Waals surface area contributed by atoms with E-state index in [0.717, 1.165) is 0 Å². The van der Waals surface area contributed by atoms with Crippen LogP contribution < -0.4 is 0 Å². The van der Waals surface area contributed by atoms with E-state index in [1.807, 2.05) is 0 Å². The van der Waals surface area contributed by atoms with Crippen molar-refractivity contribution >= 4 is 0 Å². The van der Waals surface area contributed by atoms with E-state index in [4.69, 9.17) is 0 Å². The number of H-pyrrole nitrogens is 1. The number of aromatic nitrogens is 4. The topological polar surface area (TPSA) is 54.5 Å². The molecule has 0 spiro atoms. The lowest BCUT2D eigenvalue weighted by atomic mass is 11.4. The maximum Gasteiger partial charge on any atom is 0.218 e. The predicted molar refractivity (Wildman–Crippen MR) is 13.0 cm³/mol. The molecular formula is CHN4. The lowest BCUT2D eigenvalue weighted by Crippen LogP contribution is -1.64. The van der Waals surface area contributed by atoms with Gasteiger partial charge in [0.2, 0.25) is 6.33 Å². The second-order valence-electron chi connectivity index (χ2n) is 0.513. The molecule has 0 fully saturated rings. The number of rotatable bonds is 0. The summed E-state index contributed by atoms with van der Waals surface area (Å²) in [5.74, 6) is 0. The van der Waals surface area contributed by atoms with E-state index in [-0.39, 0.29) is 0 Å². The van der Waals surface area contributed by atoms with Crippen LogP contribution in [-0.2, 0) is 0 Å². The maximum absolute atomic E-state index is 3.18. The summed E-state index contributed by atoms with van der Waals surface area (Å²) >= 11 is 0. The Morgan fingerprint density at radius 3 is 2.80 bits per heavy atom. The standard InChI is InChI=1S/CHN4/c1-2-4-5-3-1/h(H,2,3,4,5). The molecule has 0 atom stereocenters. The highest BCUT2D eigenvalue weighted by Crippen LogP contribution is 1.41. The van der Waals surface area contributed by atoms with Crippen LogP contribution in [0.4, 0.5) is 0 Å². The van der Waals surface area contributed by atoms with E-state index in [1.54, 1.807) is 0 Å². The second-order valence-corrected chi connectivity index (χ2v) is 0.513. The van der Waals surface area contributed by atoms with Crippen LogP contribution in [0.5, 0.6) is 0 Å². The Morgan fingerprint density at radius 2 is 2.60 bits per heavy atom. The number of hydrogen-bond donors (Lipinski definition) is 1. The fourth-order valence-electron chi connectivity index (χ4n) is 0.112. The van der Waals surface area contributed by atoms with Crippen LogP contribution in [0.15, 0.2) is 0 Å². The zero-order chi connectivity index (χ0) is 3.54. The molecule has 0 bridgehead atoms. The summed E-state index contributed by atoms with van der Waals surface area (Å²) in [6, 6.07) is 0. The molecule has 4 heteroatoms. The molecule has 0 aliphatic rings. The SMILES string of the molecule is [c]1nnn[nH]1. The van der Waals surface area contributed by atoms with Gasteiger partial charge >= 0.3 is 0 Å². The van der Waals surface area contributed by atoms with Gasteiger partial charge in [0.05, 0.1) is 0 Å². The van der Waals surface area contributed by atoms with Gasteiger partial charge in [0.15, 0.2) is 0 Å². The summed E-state index contributed by atoms with van der Waals surface area (Å²) in [7, 11) is 0. The van der Waals surface area contributed by atoms with Gasteiger partial charge in [-0.1, -0.05) is 0 Å². The maximum atomic E-state index is 3.18. The molecular weight excluding hydrogens is 68.0 g/mol. The van der Waals surface area contributed by atoms with Crippen molar-refractivity contribution in [3.8, 4) is 0 Å². The van der Waals surface area contributed by atoms with Gasteiger partial charge in [-0.05, 0) is 10.4 Å². The summed E-state index contributed by atoms with van der Waals surface area (Å²) in [5, 5.41) is 11.7. The quantitative estimate of drug-likeness (QED) is 0.425. The molecule has 0 saturated heterocycles. The Balaban J connectivity index is 3.13. The first kappa shape index (κ1) is 2.32. The lowest BCUT2D eigenvalue weighted by molar-refractivity contribution is 0.881. The van der Waals surface area contributed by atoms with Crippen molar-refractivity contribution in [2.75, 3.05) is 0 Å². The molecule has 1 aromatic heterocycles. The van der Waals surface area contributed by atoms with Crippen LogP contribution in [0.2, 0.25) is 0 Å². The Bertz CT molecular complexity index is 60.1. The molecule has 1 rings (SSSR count). The van der Waals surface area contributed by atoms with E-state index in [1.165, 1.54) is 0 Å². The third-order valence-electron chi connectivity index (χ3n) is 0.239. The Hall–Kier alpha value is -0.930. The Morgan fingerprint density at radius 1 is 1.60 bits per heavy atom. The minimum Gasteiger partial charge on any atom is -0.236 e. The zero-order valence-electron chi connectivity index (χ0n) is 2.34. The average molecular weight is 69.0 g/mol. The van der Waals surface area contributed by atoms with Crippen LogP contribution >= 0.6 is 0 Å². The molecule has 0 aromatic carbocycles. The fourth-order valence-corrected chi connectivity index (χ4v) is 0.112. The minimum absolute atomic E-state index is 2.26. The van der Waals surface area contributed by atoms with Gasteiger partial charge < -0.3 is 0 Å². The first-order valence-corrected chi connectivity index (χ1v) is 1.10. The van der Waals surface area contributed by atoms with E-state index < -0.39 is 0 Å². The van der Waals surface area contributed by atoms with Gasteiger partial charge in [0.1, 0.15) is 0 Å². The fraction of sp³-hybridized carbons (Fsp3) is 0. The van der Waals surface area contributed by atoms with Gasteiger partial charge in [-0.25, -0.2) is 5.10 Å². The molecule has 0 saturated carbocycles. The summed E-state index contributed by atoms with van der Waals surface area (Å²) in [6.07, 6.45) is 2.26. The lowest BCUT2D eigenvalue weighted by Gasteiger charge is -1.41. The first-order chi connectivity index (χ1) is 2.50. The van der Waals surface area contributed by atoms with Gasteiger partial charge in [0.25, 0.3) is 0 Å². The van der Waals surface area contributed by atoms with Crippen molar-refractivity contribution in [1.29, 1.82) is 0 Å². The largest absolute Gasteiger partial charge is 0.236 e. The van der Waals surface area contributed by atoms with Gasteiger partial charge in [0, 0.05) is 0 Å². The van der Waals surface area contributed by atoms with Gasteiger partial charge in [-0.2, -0.15) is 0 Å². The molecule has 1 aromatic rings. The summed E-state index contributed by atoms with van der Waals surface area (Å²) in [6.45, 7) is 0. The second kappa shape index (κ2) is 0.794. The smallest absolute Gasteiger partial charge is 0.218 e. The first-order valence-electron chi connectivity index (χ1n) is 1.10. The molecule has 1 heterocycles. The minimum atomic E-state index is 2.26. The predicted octanol–water partition coefficient (Wildman–Crippen LogP) is -1.00. The van der Waals surface area contributed by atoms with Gasteiger partial charge in [-0.3, -0.25) is 0 Å². The molecule has 5 heavy (non-hydrogen) atoms. The molecule has 4 nitrogen and oxygen atoms in total. The zero-order valence-corrected chi connectivity index (χ0v) is 2.34. The van der Waals surface area contributed by atoms with Gasteiger partial charge in [-0.15, -0.1) is 5.10 Å². The molecule has 1 N–H and O–H groups in total. The highest BCUT2D eigenvalue weighted by molar-refractivity contribution is 4.19. The van der Waals surface area contributed by atoms with E-state index in [2.05, 4.69) is 27.0 Å². The van der Waals surface area contributed by atoms with Crippen LogP contribution in [0.25, 0.3) is 0 Å². The molecule has 1 radical (unpaired) electrons. The van der Waals surface area contributed by atoms with Crippen molar-refractivity contribution in [1.82, 2.24) is 20.6 Å². The average Bonchev–Trinajstić information content (AvgIpc) is 1.76. The van der Waals surface area contributed by atoms with Crippen molar-refractivity contribution in [2.24, 2.45) is 0 Å². The van der Waals surface area contributed by atoms with Crippen LogP contribution in [0, 0.1) is 6.33 Å². The van der Waals surface area contributed by atoms with Crippen molar-refractivity contribution < 1.29 is 0 Å². The number of tetrazole rings is 1. The number of nitrogens with one attached hydrogen (secondary N) is 1. The van der Waals surface area contributed by atoms with E-state index >= 15 is 0 Å². The molecule has 0 aliphatic heterocycles. The highest BCUT2D eigenvalue weighted by atomic mass is 15.5. The third-order valence-corrected chi connectivity index (χ3v) is 0.239. The highest BCUT2D eigenvalue weighted by Gasteiger charge is 1.61.